The Morgan fingerprint density at radius 2 is 2.12 bits per heavy atom. The van der Waals surface area contributed by atoms with Crippen LogP contribution < -0.4 is 5.11 Å². The maximum atomic E-state index is 10.8. The van der Waals surface area contributed by atoms with Crippen LogP contribution in [0.2, 0.25) is 0 Å². The lowest BCUT2D eigenvalue weighted by atomic mass is 10.2. The number of aromatic carboxylic acids is 1. The smallest absolute Gasteiger partial charge is 0.0960 e. The van der Waals surface area contributed by atoms with Gasteiger partial charge in [0.2, 0.25) is 0 Å². The third-order valence-corrected chi connectivity index (χ3v) is 3.53. The molecule has 0 atom stereocenters. The average molecular weight is 229 g/mol. The molecule has 1 aliphatic rings. The summed E-state index contributed by atoms with van der Waals surface area (Å²) in [6, 6.07) is 5.51. The van der Waals surface area contributed by atoms with Gasteiger partial charge in [-0.3, -0.25) is 0 Å². The SMILES string of the molecule is O=C([O-])c1ccc2c(c1)ncn2C1CCCC1. The van der Waals surface area contributed by atoms with Crippen molar-refractivity contribution in [2.75, 3.05) is 0 Å². The summed E-state index contributed by atoms with van der Waals surface area (Å²) in [5, 5.41) is 10.8. The Bertz CT molecular complexity index is 568. The number of hydrogen-bond acceptors (Lipinski definition) is 3. The molecular formula is C13H13N2O2-. The van der Waals surface area contributed by atoms with E-state index >= 15 is 0 Å². The van der Waals surface area contributed by atoms with Gasteiger partial charge in [-0.2, -0.15) is 0 Å². The first-order valence-electron chi connectivity index (χ1n) is 5.93. The van der Waals surface area contributed by atoms with Crippen LogP contribution in [0.15, 0.2) is 24.5 Å². The van der Waals surface area contributed by atoms with Gasteiger partial charge in [0.15, 0.2) is 0 Å². The highest BCUT2D eigenvalue weighted by Crippen LogP contribution is 2.32. The van der Waals surface area contributed by atoms with Crippen LogP contribution in [-0.2, 0) is 0 Å². The monoisotopic (exact) mass is 229 g/mol. The summed E-state index contributed by atoms with van der Waals surface area (Å²) in [5.41, 5.74) is 1.94. The predicted octanol–water partition coefficient (Wildman–Crippen LogP) is 1.51. The van der Waals surface area contributed by atoms with Crippen molar-refractivity contribution in [3.63, 3.8) is 0 Å². The number of rotatable bonds is 2. The minimum atomic E-state index is -1.15. The van der Waals surface area contributed by atoms with Crippen molar-refractivity contribution in [2.45, 2.75) is 31.7 Å². The Labute approximate surface area is 98.9 Å². The number of fused-ring (bicyclic) bond motifs is 1. The molecule has 1 aromatic heterocycles. The molecule has 4 heteroatoms. The number of benzene rings is 1. The second-order valence-electron chi connectivity index (χ2n) is 4.58. The Morgan fingerprint density at radius 1 is 1.35 bits per heavy atom. The van der Waals surface area contributed by atoms with Crippen molar-refractivity contribution in [3.05, 3.63) is 30.1 Å². The van der Waals surface area contributed by atoms with Crippen LogP contribution in [-0.4, -0.2) is 15.5 Å². The summed E-state index contributed by atoms with van der Waals surface area (Å²) in [6.07, 6.45) is 6.73. The molecule has 4 nitrogen and oxygen atoms in total. The van der Waals surface area contributed by atoms with Gasteiger partial charge in [0.25, 0.3) is 0 Å². The number of carboxylic acids is 1. The van der Waals surface area contributed by atoms with Crippen molar-refractivity contribution in [1.82, 2.24) is 9.55 Å². The maximum absolute atomic E-state index is 10.8. The summed E-state index contributed by atoms with van der Waals surface area (Å²) >= 11 is 0. The van der Waals surface area contributed by atoms with E-state index in [0.717, 1.165) is 11.0 Å². The standard InChI is InChI=1S/C13H14N2O2/c16-13(17)9-5-6-12-11(7-9)14-8-15(12)10-3-1-2-4-10/h5-8,10H,1-4H2,(H,16,17)/p-1. The van der Waals surface area contributed by atoms with E-state index in [-0.39, 0.29) is 5.56 Å². The van der Waals surface area contributed by atoms with E-state index in [4.69, 9.17) is 0 Å². The van der Waals surface area contributed by atoms with Crippen molar-refractivity contribution >= 4 is 17.0 Å². The van der Waals surface area contributed by atoms with Gasteiger partial charge in [-0.05, 0) is 30.5 Å². The molecule has 1 saturated carbocycles. The lowest BCUT2D eigenvalue weighted by Gasteiger charge is -2.12. The molecule has 0 spiro atoms. The molecule has 3 rings (SSSR count). The predicted molar refractivity (Wildman–Crippen MR) is 61.6 cm³/mol. The Kier molecular flexibility index (Phi) is 2.35. The molecular weight excluding hydrogens is 216 g/mol. The van der Waals surface area contributed by atoms with Gasteiger partial charge in [-0.25, -0.2) is 4.98 Å². The highest BCUT2D eigenvalue weighted by Gasteiger charge is 2.18. The van der Waals surface area contributed by atoms with Crippen LogP contribution in [0.1, 0.15) is 42.1 Å². The van der Waals surface area contributed by atoms with Gasteiger partial charge in [-0.15, -0.1) is 0 Å². The van der Waals surface area contributed by atoms with Crippen molar-refractivity contribution in [2.24, 2.45) is 0 Å². The molecule has 0 N–H and O–H groups in total. The third kappa shape index (κ3) is 1.69. The number of nitrogens with zero attached hydrogens (tertiary/aromatic N) is 2. The molecule has 1 aliphatic carbocycles. The number of carbonyl (C=O) groups excluding carboxylic acids is 1. The minimum Gasteiger partial charge on any atom is -0.545 e. The first-order chi connectivity index (χ1) is 8.25. The van der Waals surface area contributed by atoms with E-state index in [0.29, 0.717) is 6.04 Å². The summed E-state index contributed by atoms with van der Waals surface area (Å²) in [5.74, 6) is -1.15. The fourth-order valence-electron chi connectivity index (χ4n) is 2.63. The Hall–Kier alpha value is -1.84. The molecule has 0 radical (unpaired) electrons. The Balaban J connectivity index is 2.07. The van der Waals surface area contributed by atoms with Crippen LogP contribution in [0.4, 0.5) is 0 Å². The Morgan fingerprint density at radius 3 is 2.82 bits per heavy atom. The molecule has 2 aromatic rings. The fraction of sp³-hybridized carbons (Fsp3) is 0.385. The van der Waals surface area contributed by atoms with Crippen LogP contribution >= 0.6 is 0 Å². The van der Waals surface area contributed by atoms with Gasteiger partial charge in [0.05, 0.1) is 23.3 Å². The average Bonchev–Trinajstić information content (AvgIpc) is 2.96. The van der Waals surface area contributed by atoms with Crippen molar-refractivity contribution in [3.8, 4) is 0 Å². The highest BCUT2D eigenvalue weighted by molar-refractivity contribution is 5.91. The number of imidazole rings is 1. The summed E-state index contributed by atoms with van der Waals surface area (Å²) in [7, 11) is 0. The first-order valence-corrected chi connectivity index (χ1v) is 5.93. The second kappa shape index (κ2) is 3.87. The van der Waals surface area contributed by atoms with Crippen LogP contribution in [0.25, 0.3) is 11.0 Å². The molecule has 0 bridgehead atoms. The van der Waals surface area contributed by atoms with Crippen molar-refractivity contribution in [1.29, 1.82) is 0 Å². The van der Waals surface area contributed by atoms with Gasteiger partial charge < -0.3 is 14.5 Å². The van der Waals surface area contributed by atoms with Crippen LogP contribution in [0, 0.1) is 0 Å². The molecule has 1 aromatic carbocycles. The third-order valence-electron chi connectivity index (χ3n) is 3.53. The van der Waals surface area contributed by atoms with Crippen LogP contribution in [0.5, 0.6) is 0 Å². The number of aromatic nitrogens is 2. The maximum Gasteiger partial charge on any atom is 0.0960 e. The first kappa shape index (κ1) is 10.3. The summed E-state index contributed by atoms with van der Waals surface area (Å²) in [6.45, 7) is 0. The normalized spacial score (nSPS) is 16.7. The molecule has 17 heavy (non-hydrogen) atoms. The molecule has 1 fully saturated rings. The topological polar surface area (TPSA) is 57.9 Å². The van der Waals surface area contributed by atoms with Crippen molar-refractivity contribution < 1.29 is 9.90 Å². The zero-order valence-corrected chi connectivity index (χ0v) is 9.43. The summed E-state index contributed by atoms with van der Waals surface area (Å²) < 4.78 is 2.17. The molecule has 0 saturated heterocycles. The largest absolute Gasteiger partial charge is 0.545 e. The zero-order chi connectivity index (χ0) is 11.8. The molecule has 0 aliphatic heterocycles. The highest BCUT2D eigenvalue weighted by atomic mass is 16.4. The van der Waals surface area contributed by atoms with Gasteiger partial charge >= 0.3 is 0 Å². The molecule has 0 unspecified atom stereocenters. The van der Waals surface area contributed by atoms with Gasteiger partial charge in [0.1, 0.15) is 0 Å². The van der Waals surface area contributed by atoms with E-state index in [2.05, 4.69) is 9.55 Å². The number of carbonyl (C=O) groups is 1. The fourth-order valence-corrected chi connectivity index (χ4v) is 2.63. The van der Waals surface area contributed by atoms with E-state index in [1.54, 1.807) is 12.1 Å². The molecule has 0 amide bonds. The van der Waals surface area contributed by atoms with Gasteiger partial charge in [-0.1, -0.05) is 18.9 Å². The van der Waals surface area contributed by atoms with E-state index in [1.807, 2.05) is 12.4 Å². The summed E-state index contributed by atoms with van der Waals surface area (Å²) in [4.78, 5) is 15.0. The van der Waals surface area contributed by atoms with Crippen LogP contribution in [0.3, 0.4) is 0 Å². The van der Waals surface area contributed by atoms with Gasteiger partial charge in [0, 0.05) is 6.04 Å². The quantitative estimate of drug-likeness (QED) is 0.784. The minimum absolute atomic E-state index is 0.189. The van der Waals surface area contributed by atoms with E-state index < -0.39 is 5.97 Å². The number of carboxylic acid groups (broad SMARTS) is 1. The van der Waals surface area contributed by atoms with E-state index in [9.17, 15) is 9.90 Å². The lowest BCUT2D eigenvalue weighted by Crippen LogP contribution is -2.22. The number of hydrogen-bond donors (Lipinski definition) is 0. The lowest BCUT2D eigenvalue weighted by molar-refractivity contribution is -0.255. The second-order valence-corrected chi connectivity index (χ2v) is 4.58. The molecule has 88 valence electrons. The zero-order valence-electron chi connectivity index (χ0n) is 9.43. The molecule has 1 heterocycles. The van der Waals surface area contributed by atoms with E-state index in [1.165, 1.54) is 25.7 Å².